The first-order valence-corrected chi connectivity index (χ1v) is 5.95. The third-order valence-corrected chi connectivity index (χ3v) is 3.83. The fourth-order valence-electron chi connectivity index (χ4n) is 0.606. The maximum absolute atomic E-state index is 10.8. The number of aromatic nitrogens is 1. The highest BCUT2D eigenvalue weighted by Gasteiger charge is 2.20. The smallest absolute Gasteiger partial charge is 0.207 e. The molecule has 0 unspecified atom stereocenters. The molecule has 0 amide bonds. The lowest BCUT2D eigenvalue weighted by Gasteiger charge is -1.90. The van der Waals surface area contributed by atoms with Crippen LogP contribution >= 0.6 is 33.8 Å². The molecule has 0 fully saturated rings. The van der Waals surface area contributed by atoms with Gasteiger partial charge in [-0.25, -0.2) is 8.42 Å². The van der Waals surface area contributed by atoms with Gasteiger partial charge in [0.1, 0.15) is 9.23 Å². The summed E-state index contributed by atoms with van der Waals surface area (Å²) < 4.78 is 25.4. The molecule has 0 spiro atoms. The first kappa shape index (κ1) is 9.25. The lowest BCUT2D eigenvalue weighted by molar-refractivity contribution is 0.609. The molecule has 62 valence electrons. The third-order valence-electron chi connectivity index (χ3n) is 1.01. The summed E-state index contributed by atoms with van der Waals surface area (Å²) in [5.74, 6) is 0. The molecule has 1 heterocycles. The van der Waals surface area contributed by atoms with Crippen LogP contribution in [0.3, 0.4) is 0 Å². The van der Waals surface area contributed by atoms with E-state index in [4.69, 9.17) is 22.3 Å². The summed E-state index contributed by atoms with van der Waals surface area (Å²) in [5.41, 5.74) is 0.343. The van der Waals surface area contributed by atoms with Crippen molar-refractivity contribution in [2.75, 3.05) is 0 Å². The fraction of sp³-hybridized carbons (Fsp3) is 0.250. The second kappa shape index (κ2) is 2.90. The summed E-state index contributed by atoms with van der Waals surface area (Å²) in [4.78, 5) is -0.0779. The Labute approximate surface area is 77.5 Å². The lowest BCUT2D eigenvalue weighted by atomic mass is 10.5. The van der Waals surface area contributed by atoms with Gasteiger partial charge in [0.15, 0.2) is 0 Å². The third kappa shape index (κ3) is 1.84. The van der Waals surface area contributed by atoms with Crippen LogP contribution in [0.25, 0.3) is 0 Å². The Bertz CT molecular complexity index is 350. The van der Waals surface area contributed by atoms with Gasteiger partial charge in [-0.15, -0.1) is 0 Å². The first-order valence-electron chi connectivity index (χ1n) is 2.49. The van der Waals surface area contributed by atoms with Crippen LogP contribution in [0.15, 0.2) is 4.90 Å². The molecule has 1 aromatic heterocycles. The molecule has 0 saturated heterocycles. The summed E-state index contributed by atoms with van der Waals surface area (Å²) in [6, 6.07) is 0. The fourth-order valence-corrected chi connectivity index (χ4v) is 3.60. The van der Waals surface area contributed by atoms with Gasteiger partial charge in [0, 0.05) is 10.7 Å². The molecule has 0 aliphatic carbocycles. The summed E-state index contributed by atoms with van der Waals surface area (Å²) in [7, 11) is 1.33. The second-order valence-electron chi connectivity index (χ2n) is 1.81. The number of halogens is 2. The Hall–Kier alpha value is 0.160. The minimum atomic E-state index is -3.73. The van der Waals surface area contributed by atoms with Crippen LogP contribution in [0, 0.1) is 6.92 Å². The van der Waals surface area contributed by atoms with Crippen molar-refractivity contribution in [2.24, 2.45) is 0 Å². The summed E-state index contributed by atoms with van der Waals surface area (Å²) in [6.45, 7) is 1.54. The molecule has 1 aromatic rings. The monoisotopic (exact) mass is 231 g/mol. The Morgan fingerprint density at radius 2 is 2.09 bits per heavy atom. The van der Waals surface area contributed by atoms with Gasteiger partial charge in [-0.1, -0.05) is 11.6 Å². The quantitative estimate of drug-likeness (QED) is 0.696. The van der Waals surface area contributed by atoms with E-state index >= 15 is 0 Å². The van der Waals surface area contributed by atoms with E-state index in [0.29, 0.717) is 5.69 Å². The van der Waals surface area contributed by atoms with Gasteiger partial charge >= 0.3 is 0 Å². The van der Waals surface area contributed by atoms with Crippen molar-refractivity contribution < 1.29 is 8.42 Å². The number of aryl methyl sites for hydroxylation is 1. The van der Waals surface area contributed by atoms with Crippen LogP contribution in [0.2, 0.25) is 4.34 Å². The molecule has 0 N–H and O–H groups in total. The zero-order valence-electron chi connectivity index (χ0n) is 5.34. The van der Waals surface area contributed by atoms with Crippen molar-refractivity contribution in [1.29, 1.82) is 0 Å². The predicted molar refractivity (Wildman–Crippen MR) is 44.9 cm³/mol. The van der Waals surface area contributed by atoms with Crippen LogP contribution in [-0.2, 0) is 9.05 Å². The number of hydrogen-bond acceptors (Lipinski definition) is 4. The van der Waals surface area contributed by atoms with Crippen molar-refractivity contribution >= 4 is 42.9 Å². The molecule has 0 bridgehead atoms. The Morgan fingerprint density at radius 3 is 2.27 bits per heavy atom. The van der Waals surface area contributed by atoms with Crippen molar-refractivity contribution in [2.45, 2.75) is 11.8 Å². The van der Waals surface area contributed by atoms with Crippen molar-refractivity contribution in [3.05, 3.63) is 10.0 Å². The average Bonchev–Trinajstić information content (AvgIpc) is 2.08. The van der Waals surface area contributed by atoms with Crippen LogP contribution in [0.1, 0.15) is 5.69 Å². The maximum Gasteiger partial charge on any atom is 0.265 e. The summed E-state index contributed by atoms with van der Waals surface area (Å²) in [6.07, 6.45) is 0. The van der Waals surface area contributed by atoms with E-state index in [-0.39, 0.29) is 9.23 Å². The molecule has 3 nitrogen and oxygen atoms in total. The van der Waals surface area contributed by atoms with E-state index in [1.54, 1.807) is 0 Å². The molecule has 0 aliphatic rings. The van der Waals surface area contributed by atoms with Gasteiger partial charge in [0.2, 0.25) is 0 Å². The molecule has 1 rings (SSSR count). The van der Waals surface area contributed by atoms with E-state index in [9.17, 15) is 8.42 Å². The van der Waals surface area contributed by atoms with E-state index in [1.807, 2.05) is 0 Å². The minimum Gasteiger partial charge on any atom is -0.207 e. The highest BCUT2D eigenvalue weighted by molar-refractivity contribution is 8.14. The number of nitrogens with zero attached hydrogens (tertiary/aromatic N) is 1. The first-order chi connectivity index (χ1) is 4.93. The van der Waals surface area contributed by atoms with Crippen LogP contribution in [-0.4, -0.2) is 12.8 Å². The predicted octanol–water partition coefficient (Wildman–Crippen LogP) is 2.03. The maximum atomic E-state index is 10.8. The highest BCUT2D eigenvalue weighted by atomic mass is 35.7. The topological polar surface area (TPSA) is 47.0 Å². The Balaban J connectivity index is 3.45. The van der Waals surface area contributed by atoms with E-state index in [2.05, 4.69) is 4.37 Å². The Morgan fingerprint density at radius 1 is 1.55 bits per heavy atom. The lowest BCUT2D eigenvalue weighted by Crippen LogP contribution is -1.91. The standard InChI is InChI=1S/C4H3Cl2NO2S2/c1-2-3(11(6,8)9)4(5)10-7-2/h1H3. The van der Waals surface area contributed by atoms with Crippen LogP contribution < -0.4 is 0 Å². The number of hydrogen-bond donors (Lipinski definition) is 0. The molecule has 0 aromatic carbocycles. The van der Waals surface area contributed by atoms with Gasteiger partial charge < -0.3 is 0 Å². The molecule has 11 heavy (non-hydrogen) atoms. The summed E-state index contributed by atoms with van der Waals surface area (Å²) >= 11 is 6.43. The molecule has 0 aliphatic heterocycles. The van der Waals surface area contributed by atoms with Gasteiger partial charge in [-0.05, 0) is 18.5 Å². The van der Waals surface area contributed by atoms with E-state index in [1.165, 1.54) is 6.92 Å². The largest absolute Gasteiger partial charge is 0.265 e. The van der Waals surface area contributed by atoms with Gasteiger partial charge in [0.25, 0.3) is 9.05 Å². The number of rotatable bonds is 1. The van der Waals surface area contributed by atoms with Crippen LogP contribution in [0.4, 0.5) is 0 Å². The molecule has 0 radical (unpaired) electrons. The zero-order chi connectivity index (χ0) is 8.65. The van der Waals surface area contributed by atoms with Gasteiger partial charge in [-0.2, -0.15) is 4.37 Å². The summed E-state index contributed by atoms with van der Waals surface area (Å²) in [5, 5.41) is 0. The van der Waals surface area contributed by atoms with Crippen molar-refractivity contribution in [3.8, 4) is 0 Å². The molecule has 0 atom stereocenters. The normalized spacial score (nSPS) is 11.9. The second-order valence-corrected chi connectivity index (χ2v) is 5.69. The molecule has 7 heteroatoms. The Kier molecular flexibility index (Phi) is 2.43. The zero-order valence-corrected chi connectivity index (χ0v) is 8.48. The van der Waals surface area contributed by atoms with Gasteiger partial charge in [0.05, 0.1) is 5.69 Å². The average molecular weight is 232 g/mol. The van der Waals surface area contributed by atoms with Crippen molar-refractivity contribution in [1.82, 2.24) is 4.37 Å². The van der Waals surface area contributed by atoms with E-state index < -0.39 is 9.05 Å². The molecule has 0 saturated carbocycles. The van der Waals surface area contributed by atoms with Crippen LogP contribution in [0.5, 0.6) is 0 Å². The van der Waals surface area contributed by atoms with Gasteiger partial charge in [-0.3, -0.25) is 0 Å². The van der Waals surface area contributed by atoms with Crippen molar-refractivity contribution in [3.63, 3.8) is 0 Å². The highest BCUT2D eigenvalue weighted by Crippen LogP contribution is 2.30. The minimum absolute atomic E-state index is 0.0779. The van der Waals surface area contributed by atoms with E-state index in [0.717, 1.165) is 11.5 Å². The molecular weight excluding hydrogens is 229 g/mol. The SMILES string of the molecule is Cc1nsc(Cl)c1S(=O)(=O)Cl. The molecular formula is C4H3Cl2NO2S2.